The van der Waals surface area contributed by atoms with E-state index in [2.05, 4.69) is 21.3 Å². The third-order valence-electron chi connectivity index (χ3n) is 5.92. The summed E-state index contributed by atoms with van der Waals surface area (Å²) in [5.41, 5.74) is 1.39. The topological polar surface area (TPSA) is 112 Å². The van der Waals surface area contributed by atoms with Crippen molar-refractivity contribution in [3.05, 3.63) is 47.7 Å². The fraction of sp³-hybridized carbons (Fsp3) is 0.500. The summed E-state index contributed by atoms with van der Waals surface area (Å²) in [5.74, 6) is 0.254. The molecule has 0 saturated heterocycles. The molecular weight excluding hydrogens is 432 g/mol. The van der Waals surface area contributed by atoms with Gasteiger partial charge < -0.3 is 25.7 Å². The van der Waals surface area contributed by atoms with E-state index in [0.717, 1.165) is 36.8 Å². The summed E-state index contributed by atoms with van der Waals surface area (Å²) in [6.07, 6.45) is 5.17. The molecule has 1 aromatic heterocycles. The molecule has 4 N–H and O–H groups in total. The van der Waals surface area contributed by atoms with Crippen molar-refractivity contribution in [2.75, 3.05) is 7.05 Å². The van der Waals surface area contributed by atoms with E-state index in [1.54, 1.807) is 19.2 Å². The highest BCUT2D eigenvalue weighted by molar-refractivity contribution is 5.96. The van der Waals surface area contributed by atoms with Gasteiger partial charge in [0.25, 0.3) is 5.91 Å². The average molecular weight is 469 g/mol. The Labute approximate surface area is 201 Å². The van der Waals surface area contributed by atoms with Gasteiger partial charge in [-0.25, -0.2) is 4.79 Å². The van der Waals surface area contributed by atoms with E-state index in [-0.39, 0.29) is 29.2 Å². The van der Waals surface area contributed by atoms with Crippen LogP contribution in [0.1, 0.15) is 69.0 Å². The number of carbonyl (C=O) groups is 3. The SMILES string of the molecule is CNC(=O)[C@@H](NC(=O)c1ccc(-c2cccc(CNC(=O)NC(C)(C)C)c2)o1)C1CCCCC1. The molecule has 1 aliphatic rings. The van der Waals surface area contributed by atoms with Gasteiger partial charge in [-0.15, -0.1) is 0 Å². The number of nitrogens with one attached hydrogen (secondary N) is 4. The monoisotopic (exact) mass is 468 g/mol. The van der Waals surface area contributed by atoms with Crippen molar-refractivity contribution in [3.63, 3.8) is 0 Å². The summed E-state index contributed by atoms with van der Waals surface area (Å²) in [5, 5.41) is 11.3. The maximum absolute atomic E-state index is 12.9. The molecule has 1 fully saturated rings. The minimum absolute atomic E-state index is 0.131. The van der Waals surface area contributed by atoms with Gasteiger partial charge in [0.05, 0.1) is 0 Å². The molecule has 4 amide bonds. The lowest BCUT2D eigenvalue weighted by molar-refractivity contribution is -0.124. The number of carbonyl (C=O) groups excluding carboxylic acids is 3. The highest BCUT2D eigenvalue weighted by Crippen LogP contribution is 2.27. The van der Waals surface area contributed by atoms with E-state index in [9.17, 15) is 14.4 Å². The Hall–Kier alpha value is -3.29. The van der Waals surface area contributed by atoms with E-state index < -0.39 is 11.9 Å². The molecule has 1 heterocycles. The Balaban J connectivity index is 1.66. The van der Waals surface area contributed by atoms with Crippen LogP contribution in [0, 0.1) is 5.92 Å². The molecule has 1 saturated carbocycles. The van der Waals surface area contributed by atoms with Crippen molar-refractivity contribution in [2.45, 2.75) is 71.0 Å². The molecule has 184 valence electrons. The van der Waals surface area contributed by atoms with Crippen LogP contribution in [-0.4, -0.2) is 36.5 Å². The van der Waals surface area contributed by atoms with Crippen molar-refractivity contribution in [3.8, 4) is 11.3 Å². The lowest BCUT2D eigenvalue weighted by atomic mass is 9.83. The molecule has 8 nitrogen and oxygen atoms in total. The standard InChI is InChI=1S/C26H36N4O4/c1-26(2,3)30-25(33)28-16-17-9-8-12-19(15-17)20-13-14-21(34-20)23(31)29-22(24(32)27-4)18-10-6-5-7-11-18/h8-9,12-15,18,22H,5-7,10-11,16H2,1-4H3,(H,27,32)(H,29,31)(H2,28,30,33)/t22-/m0/s1. The average Bonchev–Trinajstić information content (AvgIpc) is 3.31. The molecule has 1 atom stereocenters. The van der Waals surface area contributed by atoms with Crippen LogP contribution >= 0.6 is 0 Å². The highest BCUT2D eigenvalue weighted by atomic mass is 16.4. The zero-order valence-electron chi connectivity index (χ0n) is 20.5. The fourth-order valence-electron chi connectivity index (χ4n) is 4.25. The number of hydrogen-bond acceptors (Lipinski definition) is 4. The smallest absolute Gasteiger partial charge is 0.315 e. The normalized spacial score (nSPS) is 15.3. The van der Waals surface area contributed by atoms with Crippen LogP contribution < -0.4 is 21.3 Å². The summed E-state index contributed by atoms with van der Waals surface area (Å²) >= 11 is 0. The Kier molecular flexibility index (Phi) is 8.36. The second kappa shape index (κ2) is 11.2. The Morgan fingerprint density at radius 1 is 1.06 bits per heavy atom. The zero-order chi connectivity index (χ0) is 24.7. The first-order valence-corrected chi connectivity index (χ1v) is 11.9. The number of urea groups is 1. The van der Waals surface area contributed by atoms with Gasteiger partial charge >= 0.3 is 6.03 Å². The van der Waals surface area contributed by atoms with Gasteiger partial charge in [0.1, 0.15) is 11.8 Å². The maximum Gasteiger partial charge on any atom is 0.315 e. The van der Waals surface area contributed by atoms with Gasteiger partial charge in [0, 0.05) is 24.7 Å². The molecule has 0 unspecified atom stereocenters. The van der Waals surface area contributed by atoms with Crippen molar-refractivity contribution >= 4 is 17.8 Å². The first-order valence-electron chi connectivity index (χ1n) is 11.9. The van der Waals surface area contributed by atoms with Crippen LogP contribution in [-0.2, 0) is 11.3 Å². The number of benzene rings is 1. The van der Waals surface area contributed by atoms with Crippen LogP contribution in [0.2, 0.25) is 0 Å². The first kappa shape index (κ1) is 25.3. The highest BCUT2D eigenvalue weighted by Gasteiger charge is 2.31. The quantitative estimate of drug-likeness (QED) is 0.492. The first-order chi connectivity index (χ1) is 16.2. The van der Waals surface area contributed by atoms with Gasteiger partial charge in [0.15, 0.2) is 5.76 Å². The summed E-state index contributed by atoms with van der Waals surface area (Å²) in [7, 11) is 1.59. The fourth-order valence-corrected chi connectivity index (χ4v) is 4.25. The Bertz CT molecular complexity index is 1000. The van der Waals surface area contributed by atoms with Crippen molar-refractivity contribution in [1.29, 1.82) is 0 Å². The number of amides is 4. The molecule has 1 aromatic carbocycles. The van der Waals surface area contributed by atoms with Crippen molar-refractivity contribution < 1.29 is 18.8 Å². The summed E-state index contributed by atoms with van der Waals surface area (Å²) < 4.78 is 5.84. The second-order valence-corrected chi connectivity index (χ2v) is 9.89. The molecule has 3 rings (SSSR count). The van der Waals surface area contributed by atoms with E-state index in [1.165, 1.54) is 6.42 Å². The molecular formula is C26H36N4O4. The van der Waals surface area contributed by atoms with Crippen LogP contribution in [0.15, 0.2) is 40.8 Å². The Morgan fingerprint density at radius 3 is 2.47 bits per heavy atom. The molecule has 8 heteroatoms. The van der Waals surface area contributed by atoms with Gasteiger partial charge in [-0.05, 0) is 63.3 Å². The molecule has 2 aromatic rings. The summed E-state index contributed by atoms with van der Waals surface area (Å²) in [6, 6.07) is 10.1. The maximum atomic E-state index is 12.9. The third kappa shape index (κ3) is 7.10. The van der Waals surface area contributed by atoms with Crippen LogP contribution in [0.5, 0.6) is 0 Å². The third-order valence-corrected chi connectivity index (χ3v) is 5.92. The molecule has 0 radical (unpaired) electrons. The predicted octanol–water partition coefficient (Wildman–Crippen LogP) is 3.97. The van der Waals surface area contributed by atoms with E-state index >= 15 is 0 Å². The largest absolute Gasteiger partial charge is 0.451 e. The molecule has 1 aliphatic carbocycles. The van der Waals surface area contributed by atoms with Gasteiger partial charge in [0.2, 0.25) is 5.91 Å². The zero-order valence-corrected chi connectivity index (χ0v) is 20.5. The van der Waals surface area contributed by atoms with Gasteiger partial charge in [-0.1, -0.05) is 37.5 Å². The minimum atomic E-state index is -0.569. The van der Waals surface area contributed by atoms with Gasteiger partial charge in [-0.3, -0.25) is 9.59 Å². The summed E-state index contributed by atoms with van der Waals surface area (Å²) in [6.45, 7) is 6.12. The predicted molar refractivity (Wildman–Crippen MR) is 131 cm³/mol. The minimum Gasteiger partial charge on any atom is -0.451 e. The summed E-state index contributed by atoms with van der Waals surface area (Å²) in [4.78, 5) is 37.3. The van der Waals surface area contributed by atoms with E-state index in [0.29, 0.717) is 12.3 Å². The number of likely N-dealkylation sites (N-methyl/N-ethyl adjacent to an activating group) is 1. The molecule has 0 aliphatic heterocycles. The second-order valence-electron chi connectivity index (χ2n) is 9.89. The van der Waals surface area contributed by atoms with E-state index in [4.69, 9.17) is 4.42 Å². The van der Waals surface area contributed by atoms with Crippen molar-refractivity contribution in [2.24, 2.45) is 5.92 Å². The Morgan fingerprint density at radius 2 is 1.79 bits per heavy atom. The number of rotatable bonds is 7. The van der Waals surface area contributed by atoms with Crippen LogP contribution in [0.3, 0.4) is 0 Å². The number of hydrogen-bond donors (Lipinski definition) is 4. The van der Waals surface area contributed by atoms with Crippen LogP contribution in [0.25, 0.3) is 11.3 Å². The lowest BCUT2D eigenvalue weighted by Crippen LogP contribution is -2.50. The number of furan rings is 1. The van der Waals surface area contributed by atoms with E-state index in [1.807, 2.05) is 45.0 Å². The van der Waals surface area contributed by atoms with Crippen molar-refractivity contribution in [1.82, 2.24) is 21.3 Å². The van der Waals surface area contributed by atoms with Gasteiger partial charge in [-0.2, -0.15) is 0 Å². The lowest BCUT2D eigenvalue weighted by Gasteiger charge is -2.29. The van der Waals surface area contributed by atoms with Crippen LogP contribution in [0.4, 0.5) is 4.79 Å². The molecule has 34 heavy (non-hydrogen) atoms. The molecule has 0 spiro atoms. The molecule has 0 bridgehead atoms.